The van der Waals surface area contributed by atoms with Crippen LogP contribution in [0, 0.1) is 5.92 Å². The van der Waals surface area contributed by atoms with Gasteiger partial charge in [-0.2, -0.15) is 0 Å². The number of hydrogen-bond donors (Lipinski definition) is 3. The highest BCUT2D eigenvalue weighted by molar-refractivity contribution is 5.80. The van der Waals surface area contributed by atoms with E-state index < -0.39 is 0 Å². The van der Waals surface area contributed by atoms with E-state index in [-0.39, 0.29) is 0 Å². The van der Waals surface area contributed by atoms with Gasteiger partial charge in [-0.05, 0) is 63.0 Å². The fraction of sp³-hybridized carbons (Fsp3) is 0.500. The molecule has 3 N–H and O–H groups in total. The summed E-state index contributed by atoms with van der Waals surface area (Å²) in [5, 5.41) is 10.4. The molecular formula is C28H42N6O2. The van der Waals surface area contributed by atoms with Crippen molar-refractivity contribution in [3.05, 3.63) is 60.3 Å². The second-order valence-electron chi connectivity index (χ2n) is 9.46. The predicted molar refractivity (Wildman–Crippen MR) is 149 cm³/mol. The summed E-state index contributed by atoms with van der Waals surface area (Å²) in [6.07, 6.45) is 8.12. The van der Waals surface area contributed by atoms with Crippen LogP contribution in [-0.2, 0) is 9.47 Å². The van der Waals surface area contributed by atoms with Crippen LogP contribution in [0.4, 0.5) is 11.5 Å². The Morgan fingerprint density at radius 2 is 1.97 bits per heavy atom. The third-order valence-corrected chi connectivity index (χ3v) is 6.31. The summed E-state index contributed by atoms with van der Waals surface area (Å²) in [5.74, 6) is 2.83. The van der Waals surface area contributed by atoms with E-state index in [2.05, 4.69) is 58.4 Å². The Morgan fingerprint density at radius 1 is 1.19 bits per heavy atom. The molecule has 1 fully saturated rings. The second-order valence-corrected chi connectivity index (χ2v) is 9.46. The number of allylic oxidation sites excluding steroid dienone is 3. The van der Waals surface area contributed by atoms with Gasteiger partial charge in [0.1, 0.15) is 11.6 Å². The zero-order chi connectivity index (χ0) is 25.9. The van der Waals surface area contributed by atoms with E-state index in [9.17, 15) is 0 Å². The topological polar surface area (TPSA) is 83.6 Å². The number of rotatable bonds is 13. The average molecular weight is 495 g/mol. The Kier molecular flexibility index (Phi) is 10.6. The lowest BCUT2D eigenvalue weighted by atomic mass is 9.98. The van der Waals surface area contributed by atoms with E-state index in [1.807, 2.05) is 31.3 Å². The number of benzene rings is 1. The molecule has 196 valence electrons. The number of hydrogen-bond acceptors (Lipinski definition) is 8. The van der Waals surface area contributed by atoms with Crippen molar-refractivity contribution in [2.45, 2.75) is 39.7 Å². The van der Waals surface area contributed by atoms with Crippen molar-refractivity contribution in [1.29, 1.82) is 0 Å². The van der Waals surface area contributed by atoms with Crippen molar-refractivity contribution in [3.63, 3.8) is 0 Å². The highest BCUT2D eigenvalue weighted by Crippen LogP contribution is 2.26. The molecule has 3 rings (SSSR count). The molecule has 1 saturated heterocycles. The molecule has 0 aliphatic carbocycles. The van der Waals surface area contributed by atoms with Crippen molar-refractivity contribution in [2.24, 2.45) is 5.92 Å². The molecule has 0 saturated carbocycles. The van der Waals surface area contributed by atoms with Gasteiger partial charge in [-0.1, -0.05) is 20.4 Å². The molecule has 1 aromatic heterocycles. The summed E-state index contributed by atoms with van der Waals surface area (Å²) in [6, 6.07) is 6.58. The largest absolute Gasteiger partial charge is 0.501 e. The van der Waals surface area contributed by atoms with Gasteiger partial charge in [-0.3, -0.25) is 4.98 Å². The molecule has 0 atom stereocenters. The Morgan fingerprint density at radius 3 is 2.67 bits per heavy atom. The van der Waals surface area contributed by atoms with Gasteiger partial charge < -0.3 is 30.3 Å². The van der Waals surface area contributed by atoms with Crippen LogP contribution in [0.3, 0.4) is 0 Å². The SMILES string of the molecule is C=C(/C=C(\C=C(/C)OC)N(CCNC(C)C)c1ccc2ncc(NCC3CCNCC3)nc2c1)OC. The minimum absolute atomic E-state index is 0.389. The Labute approximate surface area is 215 Å². The van der Waals surface area contributed by atoms with Gasteiger partial charge in [-0.25, -0.2) is 4.98 Å². The first kappa shape index (κ1) is 27.5. The molecule has 0 radical (unpaired) electrons. The minimum atomic E-state index is 0.389. The molecule has 0 amide bonds. The van der Waals surface area contributed by atoms with E-state index in [4.69, 9.17) is 14.5 Å². The van der Waals surface area contributed by atoms with Crippen LogP contribution in [0.2, 0.25) is 0 Å². The lowest BCUT2D eigenvalue weighted by Gasteiger charge is -2.27. The molecule has 0 unspecified atom stereocenters. The fourth-order valence-electron chi connectivity index (χ4n) is 4.15. The van der Waals surface area contributed by atoms with Crippen molar-refractivity contribution in [1.82, 2.24) is 20.6 Å². The smallest absolute Gasteiger partial charge is 0.145 e. The van der Waals surface area contributed by atoms with Crippen LogP contribution in [0.25, 0.3) is 11.0 Å². The summed E-state index contributed by atoms with van der Waals surface area (Å²) in [5.41, 5.74) is 3.64. The maximum absolute atomic E-state index is 5.46. The number of piperidine rings is 1. The van der Waals surface area contributed by atoms with Gasteiger partial charge in [0.2, 0.25) is 0 Å². The number of aromatic nitrogens is 2. The third-order valence-electron chi connectivity index (χ3n) is 6.31. The number of nitrogens with zero attached hydrogens (tertiary/aromatic N) is 3. The van der Waals surface area contributed by atoms with Crippen molar-refractivity contribution in [3.8, 4) is 0 Å². The van der Waals surface area contributed by atoms with Crippen LogP contribution >= 0.6 is 0 Å². The van der Waals surface area contributed by atoms with Crippen LogP contribution in [0.15, 0.2) is 60.3 Å². The lowest BCUT2D eigenvalue weighted by Crippen LogP contribution is -2.34. The molecule has 1 aliphatic heterocycles. The minimum Gasteiger partial charge on any atom is -0.501 e. The van der Waals surface area contributed by atoms with Gasteiger partial charge in [0.15, 0.2) is 0 Å². The van der Waals surface area contributed by atoms with E-state index in [1.165, 1.54) is 12.8 Å². The van der Waals surface area contributed by atoms with Crippen LogP contribution < -0.4 is 20.9 Å². The zero-order valence-electron chi connectivity index (χ0n) is 22.4. The lowest BCUT2D eigenvalue weighted by molar-refractivity contribution is 0.293. The quantitative estimate of drug-likeness (QED) is 0.278. The first-order chi connectivity index (χ1) is 17.4. The first-order valence-corrected chi connectivity index (χ1v) is 12.8. The van der Waals surface area contributed by atoms with Gasteiger partial charge in [0, 0.05) is 43.1 Å². The number of anilines is 2. The van der Waals surface area contributed by atoms with Crippen LogP contribution in [0.5, 0.6) is 0 Å². The molecule has 1 aromatic carbocycles. The van der Waals surface area contributed by atoms with E-state index in [0.717, 1.165) is 66.7 Å². The summed E-state index contributed by atoms with van der Waals surface area (Å²) >= 11 is 0. The Bertz CT molecular complexity index is 1060. The van der Waals surface area contributed by atoms with E-state index in [0.29, 0.717) is 17.7 Å². The summed E-state index contributed by atoms with van der Waals surface area (Å²) < 4.78 is 10.8. The number of nitrogens with one attached hydrogen (secondary N) is 3. The van der Waals surface area contributed by atoms with Crippen molar-refractivity contribution in [2.75, 3.05) is 57.2 Å². The molecule has 2 heterocycles. The van der Waals surface area contributed by atoms with Crippen molar-refractivity contribution < 1.29 is 9.47 Å². The predicted octanol–water partition coefficient (Wildman–Crippen LogP) is 4.44. The van der Waals surface area contributed by atoms with E-state index >= 15 is 0 Å². The Hall–Kier alpha value is -3.10. The zero-order valence-corrected chi connectivity index (χ0v) is 22.4. The van der Waals surface area contributed by atoms with Gasteiger partial charge in [0.05, 0.1) is 37.2 Å². The van der Waals surface area contributed by atoms with Crippen molar-refractivity contribution >= 4 is 22.5 Å². The average Bonchev–Trinajstić information content (AvgIpc) is 2.89. The van der Waals surface area contributed by atoms with Crippen LogP contribution in [0.1, 0.15) is 33.6 Å². The first-order valence-electron chi connectivity index (χ1n) is 12.8. The second kappa shape index (κ2) is 13.8. The molecule has 8 nitrogen and oxygen atoms in total. The molecule has 0 bridgehead atoms. The Balaban J connectivity index is 1.92. The van der Waals surface area contributed by atoms with Crippen LogP contribution in [-0.4, -0.2) is 63.0 Å². The number of fused-ring (bicyclic) bond motifs is 1. The van der Waals surface area contributed by atoms with Gasteiger partial charge >= 0.3 is 0 Å². The standard InChI is InChI=1S/C28H42N6O2/c1-20(2)30-13-14-34(25(15-21(3)35-5)16-22(4)36-6)24-7-8-26-27(17-24)33-28(19-31-26)32-18-23-9-11-29-12-10-23/h7-8,15-17,19-20,23,29-30H,3,9-14,18H2,1-2,4-6H3,(H,32,33)/b22-16+,25-15+. The highest BCUT2D eigenvalue weighted by atomic mass is 16.5. The normalized spacial score (nSPS) is 15.3. The molecule has 2 aromatic rings. The summed E-state index contributed by atoms with van der Waals surface area (Å²) in [7, 11) is 3.29. The van der Waals surface area contributed by atoms with Gasteiger partial charge in [0.25, 0.3) is 0 Å². The molecule has 0 spiro atoms. The maximum atomic E-state index is 5.46. The summed E-state index contributed by atoms with van der Waals surface area (Å²) in [6.45, 7) is 14.9. The summed E-state index contributed by atoms with van der Waals surface area (Å²) in [4.78, 5) is 11.8. The number of ether oxygens (including phenoxy) is 2. The molecule has 8 heteroatoms. The monoisotopic (exact) mass is 494 g/mol. The maximum Gasteiger partial charge on any atom is 0.145 e. The molecule has 36 heavy (non-hydrogen) atoms. The molecular weight excluding hydrogens is 452 g/mol. The number of methoxy groups -OCH3 is 2. The third kappa shape index (κ3) is 8.24. The fourth-order valence-corrected chi connectivity index (χ4v) is 4.15. The highest BCUT2D eigenvalue weighted by Gasteiger charge is 2.15. The van der Waals surface area contributed by atoms with Gasteiger partial charge in [-0.15, -0.1) is 0 Å². The molecule has 1 aliphatic rings. The van der Waals surface area contributed by atoms with E-state index in [1.54, 1.807) is 14.2 Å².